The summed E-state index contributed by atoms with van der Waals surface area (Å²) in [6, 6.07) is 11.4. The number of para-hydroxylation sites is 1. The first-order valence-corrected chi connectivity index (χ1v) is 8.39. The zero-order valence-electron chi connectivity index (χ0n) is 12.9. The second-order valence-electron chi connectivity index (χ2n) is 5.28. The Morgan fingerprint density at radius 3 is 2.50 bits per heavy atom. The minimum atomic E-state index is -4.67. The molecule has 1 N–H and O–H groups in total. The van der Waals surface area contributed by atoms with Crippen molar-refractivity contribution < 1.29 is 17.2 Å². The lowest BCUT2D eigenvalue weighted by atomic mass is 10.2. The van der Waals surface area contributed by atoms with Crippen LogP contribution in [0.15, 0.2) is 47.3 Å². The van der Waals surface area contributed by atoms with Crippen molar-refractivity contribution in [2.75, 3.05) is 0 Å². The molecule has 0 aliphatic rings. The predicted molar refractivity (Wildman–Crippen MR) is 89.0 cm³/mol. The van der Waals surface area contributed by atoms with Crippen molar-refractivity contribution in [3.8, 4) is 11.4 Å². The van der Waals surface area contributed by atoms with E-state index in [4.69, 9.17) is 4.55 Å². The average Bonchev–Trinajstić information content (AvgIpc) is 2.48. The van der Waals surface area contributed by atoms with Crippen LogP contribution in [0.2, 0.25) is 0 Å². The molecular weight excluding hydrogens is 332 g/mol. The largest absolute Gasteiger partial charge is 0.446 e. The van der Waals surface area contributed by atoms with Gasteiger partial charge in [0.1, 0.15) is 11.6 Å². The van der Waals surface area contributed by atoms with Gasteiger partial charge in [-0.3, -0.25) is 13.9 Å². The highest BCUT2D eigenvalue weighted by Crippen LogP contribution is 2.20. The second-order valence-corrected chi connectivity index (χ2v) is 6.30. The van der Waals surface area contributed by atoms with Gasteiger partial charge in [-0.1, -0.05) is 18.2 Å². The van der Waals surface area contributed by atoms with Crippen LogP contribution >= 0.6 is 0 Å². The van der Waals surface area contributed by atoms with Crippen molar-refractivity contribution in [1.82, 2.24) is 9.55 Å². The topological polar surface area (TPSA) is 98.5 Å². The minimum absolute atomic E-state index is 0.163. The van der Waals surface area contributed by atoms with Crippen LogP contribution in [0.5, 0.6) is 5.75 Å². The summed E-state index contributed by atoms with van der Waals surface area (Å²) in [4.78, 5) is 17.3. The molecule has 124 valence electrons. The van der Waals surface area contributed by atoms with Crippen LogP contribution in [0.4, 0.5) is 0 Å². The molecule has 3 rings (SSSR count). The highest BCUT2D eigenvalue weighted by Gasteiger charge is 2.14. The average molecular weight is 346 g/mol. The SMILES string of the molecule is Cc1ccccc1-n1c(C)nc2ccc(OS(=O)(=O)O)cc2c1=O. The number of benzene rings is 2. The molecule has 0 saturated carbocycles. The molecule has 0 radical (unpaired) electrons. The number of fused-ring (bicyclic) bond motifs is 1. The Bertz CT molecular complexity index is 1100. The first kappa shape index (κ1) is 16.2. The summed E-state index contributed by atoms with van der Waals surface area (Å²) in [5, 5.41) is 0.185. The van der Waals surface area contributed by atoms with E-state index < -0.39 is 10.4 Å². The molecule has 1 aromatic heterocycles. The van der Waals surface area contributed by atoms with Gasteiger partial charge >= 0.3 is 10.4 Å². The van der Waals surface area contributed by atoms with Crippen molar-refractivity contribution in [3.05, 3.63) is 64.2 Å². The summed E-state index contributed by atoms with van der Waals surface area (Å²) in [6.45, 7) is 3.60. The number of hydrogen-bond donors (Lipinski definition) is 1. The molecule has 7 nitrogen and oxygen atoms in total. The molecule has 0 spiro atoms. The van der Waals surface area contributed by atoms with Gasteiger partial charge in [0.25, 0.3) is 5.56 Å². The molecule has 8 heteroatoms. The molecule has 0 amide bonds. The Hall–Kier alpha value is -2.71. The van der Waals surface area contributed by atoms with Gasteiger partial charge in [-0.05, 0) is 43.7 Å². The van der Waals surface area contributed by atoms with E-state index in [1.54, 1.807) is 13.0 Å². The normalized spacial score (nSPS) is 11.6. The highest BCUT2D eigenvalue weighted by molar-refractivity contribution is 7.81. The Morgan fingerprint density at radius 1 is 1.12 bits per heavy atom. The molecule has 0 fully saturated rings. The Kier molecular flexibility index (Phi) is 3.86. The number of aryl methyl sites for hydroxylation is 2. The second kappa shape index (κ2) is 5.73. The van der Waals surface area contributed by atoms with Gasteiger partial charge < -0.3 is 4.18 Å². The molecule has 2 aromatic carbocycles. The Morgan fingerprint density at radius 2 is 1.83 bits per heavy atom. The molecule has 0 aliphatic carbocycles. The van der Waals surface area contributed by atoms with Gasteiger partial charge in [-0.25, -0.2) is 4.98 Å². The van der Waals surface area contributed by atoms with E-state index in [1.165, 1.54) is 22.8 Å². The standard InChI is InChI=1S/C16H14N2O5S/c1-10-5-3-4-6-15(10)18-11(2)17-14-8-7-12(23-24(20,21)22)9-13(14)16(18)19/h3-9H,1-2H3,(H,20,21,22). The van der Waals surface area contributed by atoms with Gasteiger partial charge in [-0.15, -0.1) is 0 Å². The molecule has 1 heterocycles. The third-order valence-corrected chi connectivity index (χ3v) is 3.97. The summed E-state index contributed by atoms with van der Waals surface area (Å²) in [6.07, 6.45) is 0. The van der Waals surface area contributed by atoms with E-state index in [0.717, 1.165) is 5.56 Å². The Balaban J connectivity index is 2.29. The number of aromatic nitrogens is 2. The Labute approximate surface area is 138 Å². The van der Waals surface area contributed by atoms with E-state index >= 15 is 0 Å². The van der Waals surface area contributed by atoms with Crippen LogP contribution in [0.1, 0.15) is 11.4 Å². The summed E-state index contributed by atoms with van der Waals surface area (Å²) >= 11 is 0. The van der Waals surface area contributed by atoms with Crippen LogP contribution in [0.25, 0.3) is 16.6 Å². The quantitative estimate of drug-likeness (QED) is 0.730. The molecule has 0 bridgehead atoms. The monoisotopic (exact) mass is 346 g/mol. The zero-order valence-corrected chi connectivity index (χ0v) is 13.7. The fourth-order valence-electron chi connectivity index (χ4n) is 2.55. The number of hydrogen-bond acceptors (Lipinski definition) is 5. The van der Waals surface area contributed by atoms with E-state index in [-0.39, 0.29) is 16.7 Å². The lowest BCUT2D eigenvalue weighted by Crippen LogP contribution is -2.23. The molecule has 0 atom stereocenters. The summed E-state index contributed by atoms with van der Waals surface area (Å²) in [5.41, 5.74) is 1.64. The first-order valence-electron chi connectivity index (χ1n) is 7.02. The number of nitrogens with zero attached hydrogens (tertiary/aromatic N) is 2. The molecule has 0 saturated heterocycles. The fraction of sp³-hybridized carbons (Fsp3) is 0.125. The van der Waals surface area contributed by atoms with Crippen LogP contribution in [0.3, 0.4) is 0 Å². The molecule has 24 heavy (non-hydrogen) atoms. The summed E-state index contributed by atoms with van der Waals surface area (Å²) in [7, 11) is -4.67. The van der Waals surface area contributed by atoms with E-state index in [2.05, 4.69) is 9.17 Å². The van der Waals surface area contributed by atoms with Gasteiger partial charge in [0.15, 0.2) is 0 Å². The summed E-state index contributed by atoms with van der Waals surface area (Å²) < 4.78 is 36.3. The smallest absolute Gasteiger partial charge is 0.362 e. The third-order valence-electron chi connectivity index (χ3n) is 3.57. The maximum Gasteiger partial charge on any atom is 0.446 e. The lowest BCUT2D eigenvalue weighted by Gasteiger charge is -2.13. The lowest BCUT2D eigenvalue weighted by molar-refractivity contribution is 0.387. The highest BCUT2D eigenvalue weighted by atomic mass is 32.3. The van der Waals surface area contributed by atoms with Crippen LogP contribution in [0, 0.1) is 13.8 Å². The maximum atomic E-state index is 12.9. The van der Waals surface area contributed by atoms with E-state index in [1.807, 2.05) is 25.1 Å². The molecule has 0 aliphatic heterocycles. The molecule has 3 aromatic rings. The molecular formula is C16H14N2O5S. The maximum absolute atomic E-state index is 12.9. The fourth-order valence-corrected chi connectivity index (χ4v) is 2.89. The van der Waals surface area contributed by atoms with Gasteiger partial charge in [-0.2, -0.15) is 8.42 Å². The van der Waals surface area contributed by atoms with Gasteiger partial charge in [0, 0.05) is 0 Å². The predicted octanol–water partition coefficient (Wildman–Crippen LogP) is 2.18. The van der Waals surface area contributed by atoms with Crippen molar-refractivity contribution in [3.63, 3.8) is 0 Å². The van der Waals surface area contributed by atoms with Crippen LogP contribution < -0.4 is 9.74 Å². The van der Waals surface area contributed by atoms with E-state index in [9.17, 15) is 13.2 Å². The van der Waals surface area contributed by atoms with Crippen LogP contribution in [-0.2, 0) is 10.4 Å². The zero-order chi connectivity index (χ0) is 17.5. The van der Waals surface area contributed by atoms with Crippen molar-refractivity contribution in [1.29, 1.82) is 0 Å². The third kappa shape index (κ3) is 3.01. The molecule has 0 unspecified atom stereocenters. The van der Waals surface area contributed by atoms with Gasteiger partial charge in [0.05, 0.1) is 16.6 Å². The number of rotatable bonds is 3. The van der Waals surface area contributed by atoms with Crippen molar-refractivity contribution >= 4 is 21.3 Å². The van der Waals surface area contributed by atoms with Gasteiger partial charge in [0.2, 0.25) is 0 Å². The van der Waals surface area contributed by atoms with Crippen LogP contribution in [-0.4, -0.2) is 22.5 Å². The summed E-state index contributed by atoms with van der Waals surface area (Å²) in [5.74, 6) is 0.342. The van der Waals surface area contributed by atoms with Crippen molar-refractivity contribution in [2.45, 2.75) is 13.8 Å². The van der Waals surface area contributed by atoms with E-state index in [0.29, 0.717) is 17.0 Å². The first-order chi connectivity index (χ1) is 11.3. The minimum Gasteiger partial charge on any atom is -0.362 e. The van der Waals surface area contributed by atoms with Crippen molar-refractivity contribution in [2.24, 2.45) is 0 Å².